The molecule has 128 valence electrons. The lowest BCUT2D eigenvalue weighted by molar-refractivity contribution is 0.157. The van der Waals surface area contributed by atoms with Crippen molar-refractivity contribution >= 4 is 17.6 Å². The number of likely N-dealkylation sites (tertiary alicyclic amines) is 1. The van der Waals surface area contributed by atoms with Crippen LogP contribution in [0.4, 0.5) is 0 Å². The van der Waals surface area contributed by atoms with Gasteiger partial charge in [0.15, 0.2) is 5.96 Å². The van der Waals surface area contributed by atoms with Gasteiger partial charge in [0.25, 0.3) is 0 Å². The zero-order valence-corrected chi connectivity index (χ0v) is 15.0. The second kappa shape index (κ2) is 9.78. The molecule has 1 saturated heterocycles. The molecule has 0 saturated carbocycles. The van der Waals surface area contributed by atoms with Gasteiger partial charge in [-0.15, -0.1) is 0 Å². The van der Waals surface area contributed by atoms with Gasteiger partial charge in [0, 0.05) is 44.2 Å². The fourth-order valence-electron chi connectivity index (χ4n) is 2.94. The van der Waals surface area contributed by atoms with E-state index >= 15 is 0 Å². The first-order valence-electron chi connectivity index (χ1n) is 8.49. The molecular weight excluding hydrogens is 310 g/mol. The predicted molar refractivity (Wildman–Crippen MR) is 97.3 cm³/mol. The number of guanidine groups is 1. The molecule has 0 spiro atoms. The standard InChI is InChI=1S/C18H28ClN3O/c1-3-20-18(22-12-10-16(13-22)14-23-2)21-11-4-5-15-6-8-17(19)9-7-15/h6-9,16H,3-5,10-14H2,1-2H3,(H,20,21). The van der Waals surface area contributed by atoms with E-state index in [4.69, 9.17) is 21.3 Å². The number of hydrogen-bond acceptors (Lipinski definition) is 2. The van der Waals surface area contributed by atoms with E-state index in [9.17, 15) is 0 Å². The van der Waals surface area contributed by atoms with E-state index in [-0.39, 0.29) is 0 Å². The van der Waals surface area contributed by atoms with Gasteiger partial charge in [-0.3, -0.25) is 4.99 Å². The molecule has 23 heavy (non-hydrogen) atoms. The highest BCUT2D eigenvalue weighted by Gasteiger charge is 2.24. The molecule has 5 heteroatoms. The Morgan fingerprint density at radius 2 is 2.17 bits per heavy atom. The lowest BCUT2D eigenvalue weighted by Gasteiger charge is -2.21. The number of halogens is 1. The van der Waals surface area contributed by atoms with Crippen molar-refractivity contribution in [2.45, 2.75) is 26.2 Å². The first-order chi connectivity index (χ1) is 11.2. The first-order valence-corrected chi connectivity index (χ1v) is 8.87. The molecule has 1 aromatic rings. The van der Waals surface area contributed by atoms with E-state index < -0.39 is 0 Å². The van der Waals surface area contributed by atoms with E-state index in [0.717, 1.165) is 56.6 Å². The largest absolute Gasteiger partial charge is 0.384 e. The summed E-state index contributed by atoms with van der Waals surface area (Å²) in [6.45, 7) is 6.81. The molecule has 0 aliphatic carbocycles. The fraction of sp³-hybridized carbons (Fsp3) is 0.611. The Morgan fingerprint density at radius 1 is 1.39 bits per heavy atom. The normalized spacial score (nSPS) is 18.5. The number of aryl methyl sites for hydroxylation is 1. The zero-order valence-electron chi connectivity index (χ0n) is 14.2. The van der Waals surface area contributed by atoms with E-state index in [0.29, 0.717) is 5.92 Å². The molecule has 1 aliphatic rings. The summed E-state index contributed by atoms with van der Waals surface area (Å²) < 4.78 is 5.27. The van der Waals surface area contributed by atoms with Gasteiger partial charge in [-0.1, -0.05) is 23.7 Å². The highest BCUT2D eigenvalue weighted by Crippen LogP contribution is 2.16. The van der Waals surface area contributed by atoms with E-state index in [2.05, 4.69) is 29.3 Å². The van der Waals surface area contributed by atoms with E-state index in [1.165, 1.54) is 12.0 Å². The van der Waals surface area contributed by atoms with Gasteiger partial charge in [-0.2, -0.15) is 0 Å². The smallest absolute Gasteiger partial charge is 0.193 e. The van der Waals surface area contributed by atoms with Crippen LogP contribution >= 0.6 is 11.6 Å². The van der Waals surface area contributed by atoms with Crippen molar-refractivity contribution in [2.24, 2.45) is 10.9 Å². The minimum Gasteiger partial charge on any atom is -0.384 e. The summed E-state index contributed by atoms with van der Waals surface area (Å²) in [4.78, 5) is 7.14. The zero-order chi connectivity index (χ0) is 16.5. The summed E-state index contributed by atoms with van der Waals surface area (Å²) in [7, 11) is 1.78. The quantitative estimate of drug-likeness (QED) is 0.471. The highest BCUT2D eigenvalue weighted by molar-refractivity contribution is 6.30. The van der Waals surface area contributed by atoms with Crippen molar-refractivity contribution in [3.8, 4) is 0 Å². The molecule has 1 unspecified atom stereocenters. The van der Waals surface area contributed by atoms with Crippen LogP contribution in [0.3, 0.4) is 0 Å². The topological polar surface area (TPSA) is 36.9 Å². The van der Waals surface area contributed by atoms with Crippen LogP contribution in [0, 0.1) is 5.92 Å². The number of nitrogens with zero attached hydrogens (tertiary/aromatic N) is 2. The average molecular weight is 338 g/mol. The Hall–Kier alpha value is -1.26. The maximum Gasteiger partial charge on any atom is 0.193 e. The molecule has 0 amide bonds. The van der Waals surface area contributed by atoms with E-state index in [1.807, 2.05) is 12.1 Å². The highest BCUT2D eigenvalue weighted by atomic mass is 35.5. The van der Waals surface area contributed by atoms with Gasteiger partial charge in [-0.05, 0) is 43.9 Å². The lowest BCUT2D eigenvalue weighted by Crippen LogP contribution is -2.40. The average Bonchev–Trinajstić information content (AvgIpc) is 3.01. The Morgan fingerprint density at radius 3 is 2.87 bits per heavy atom. The van der Waals surface area contributed by atoms with Crippen molar-refractivity contribution in [3.05, 3.63) is 34.9 Å². The number of methoxy groups -OCH3 is 1. The van der Waals surface area contributed by atoms with Crippen LogP contribution in [0.5, 0.6) is 0 Å². The number of ether oxygens (including phenoxy) is 1. The van der Waals surface area contributed by atoms with Crippen LogP contribution in [0.2, 0.25) is 5.02 Å². The third-order valence-electron chi connectivity index (χ3n) is 4.12. The minimum atomic E-state index is 0.623. The minimum absolute atomic E-state index is 0.623. The van der Waals surface area contributed by atoms with Gasteiger partial charge in [0.1, 0.15) is 0 Å². The molecule has 1 atom stereocenters. The van der Waals surface area contributed by atoms with Crippen LogP contribution in [0.25, 0.3) is 0 Å². The van der Waals surface area contributed by atoms with Crippen LogP contribution in [-0.4, -0.2) is 50.8 Å². The molecule has 1 aliphatic heterocycles. The number of aliphatic imine (C=N–C) groups is 1. The summed E-state index contributed by atoms with van der Waals surface area (Å²) in [5.74, 6) is 1.67. The van der Waals surface area contributed by atoms with E-state index in [1.54, 1.807) is 7.11 Å². The summed E-state index contributed by atoms with van der Waals surface area (Å²) in [6, 6.07) is 8.08. The Bertz CT molecular complexity index is 490. The predicted octanol–water partition coefficient (Wildman–Crippen LogP) is 3.21. The molecule has 1 N–H and O–H groups in total. The molecule has 4 nitrogen and oxygen atoms in total. The van der Waals surface area contributed by atoms with Crippen LogP contribution in [0.1, 0.15) is 25.3 Å². The maximum atomic E-state index is 5.91. The van der Waals surface area contributed by atoms with Gasteiger partial charge >= 0.3 is 0 Å². The molecule has 1 fully saturated rings. The maximum absolute atomic E-state index is 5.91. The third-order valence-corrected chi connectivity index (χ3v) is 4.37. The number of rotatable bonds is 7. The first kappa shape index (κ1) is 18.1. The van der Waals surface area contributed by atoms with Gasteiger partial charge in [0.2, 0.25) is 0 Å². The summed E-state index contributed by atoms with van der Waals surface area (Å²) >= 11 is 5.91. The lowest BCUT2D eigenvalue weighted by atomic mass is 10.1. The SMILES string of the molecule is CCNC(=NCCCc1ccc(Cl)cc1)N1CCC(COC)C1. The molecular formula is C18H28ClN3O. The number of benzene rings is 1. The molecule has 0 radical (unpaired) electrons. The van der Waals surface area contributed by atoms with Crippen molar-refractivity contribution in [1.82, 2.24) is 10.2 Å². The third kappa shape index (κ3) is 6.04. The Balaban J connectivity index is 1.80. The molecule has 1 aromatic carbocycles. The molecule has 0 bridgehead atoms. The second-order valence-electron chi connectivity index (χ2n) is 6.02. The fourth-order valence-corrected chi connectivity index (χ4v) is 3.07. The van der Waals surface area contributed by atoms with Crippen molar-refractivity contribution in [3.63, 3.8) is 0 Å². The van der Waals surface area contributed by atoms with Crippen molar-refractivity contribution < 1.29 is 4.74 Å². The summed E-state index contributed by atoms with van der Waals surface area (Å²) in [5.41, 5.74) is 1.32. The van der Waals surface area contributed by atoms with Crippen molar-refractivity contribution in [2.75, 3.05) is 39.9 Å². The molecule has 0 aromatic heterocycles. The van der Waals surface area contributed by atoms with Gasteiger partial charge in [-0.25, -0.2) is 0 Å². The number of hydrogen-bond donors (Lipinski definition) is 1. The second-order valence-corrected chi connectivity index (χ2v) is 6.46. The monoisotopic (exact) mass is 337 g/mol. The summed E-state index contributed by atoms with van der Waals surface area (Å²) in [6.07, 6.45) is 3.27. The number of nitrogens with one attached hydrogen (secondary N) is 1. The van der Waals surface area contributed by atoms with Gasteiger partial charge in [0.05, 0.1) is 6.61 Å². The van der Waals surface area contributed by atoms with Gasteiger partial charge < -0.3 is 15.0 Å². The van der Waals surface area contributed by atoms with Crippen molar-refractivity contribution in [1.29, 1.82) is 0 Å². The Kier molecular flexibility index (Phi) is 7.69. The van der Waals surface area contributed by atoms with Crippen LogP contribution in [0.15, 0.2) is 29.3 Å². The van der Waals surface area contributed by atoms with Crippen LogP contribution in [-0.2, 0) is 11.2 Å². The Labute approximate surface area is 144 Å². The molecule has 2 rings (SSSR count). The summed E-state index contributed by atoms with van der Waals surface area (Å²) in [5, 5.41) is 4.20. The van der Waals surface area contributed by atoms with Crippen LogP contribution < -0.4 is 5.32 Å². The molecule has 1 heterocycles.